The van der Waals surface area contributed by atoms with Gasteiger partial charge in [0.1, 0.15) is 5.75 Å². The summed E-state index contributed by atoms with van der Waals surface area (Å²) in [5.74, 6) is 0.832. The molecule has 0 fully saturated rings. The van der Waals surface area contributed by atoms with Crippen LogP contribution in [0.4, 0.5) is 10.5 Å². The second-order valence-corrected chi connectivity index (χ2v) is 5.94. The van der Waals surface area contributed by atoms with Crippen molar-refractivity contribution in [2.24, 2.45) is 7.05 Å². The molecule has 0 radical (unpaired) electrons. The van der Waals surface area contributed by atoms with Gasteiger partial charge in [-0.15, -0.1) is 0 Å². The highest BCUT2D eigenvalue weighted by atomic mass is 16.5. The average molecular weight is 330 g/mol. The van der Waals surface area contributed by atoms with Crippen LogP contribution in [0.3, 0.4) is 0 Å². The molecule has 1 aromatic carbocycles. The number of urea groups is 1. The van der Waals surface area contributed by atoms with Crippen molar-refractivity contribution in [2.75, 3.05) is 11.9 Å². The molecule has 130 valence electrons. The molecule has 0 unspecified atom stereocenters. The molecule has 2 rings (SSSR count). The van der Waals surface area contributed by atoms with E-state index in [0.29, 0.717) is 6.61 Å². The Hall–Kier alpha value is -2.50. The number of aryl methyl sites for hydroxylation is 3. The Bertz CT molecular complexity index is 737. The number of amides is 2. The zero-order chi connectivity index (χ0) is 17.9. The molecule has 1 heterocycles. The number of benzene rings is 1. The van der Waals surface area contributed by atoms with Gasteiger partial charge in [0.25, 0.3) is 0 Å². The van der Waals surface area contributed by atoms with Gasteiger partial charge in [0, 0.05) is 24.0 Å². The fourth-order valence-corrected chi connectivity index (χ4v) is 2.90. The van der Waals surface area contributed by atoms with Gasteiger partial charge in [-0.2, -0.15) is 5.10 Å². The summed E-state index contributed by atoms with van der Waals surface area (Å²) in [7, 11) is 1.90. The molecule has 24 heavy (non-hydrogen) atoms. The number of ether oxygens (including phenoxy) is 1. The minimum Gasteiger partial charge on any atom is -0.494 e. The van der Waals surface area contributed by atoms with Crippen molar-refractivity contribution in [2.45, 2.75) is 40.7 Å². The molecule has 2 N–H and O–H groups in total. The molecule has 6 nitrogen and oxygen atoms in total. The van der Waals surface area contributed by atoms with Crippen LogP contribution in [0.2, 0.25) is 0 Å². The predicted octanol–water partition coefficient (Wildman–Crippen LogP) is 3.63. The Labute approximate surface area is 143 Å². The lowest BCUT2D eigenvalue weighted by molar-refractivity contribution is 0.249. The molecule has 0 saturated carbocycles. The zero-order valence-electron chi connectivity index (χ0n) is 15.2. The van der Waals surface area contributed by atoms with Crippen molar-refractivity contribution in [1.82, 2.24) is 15.1 Å². The van der Waals surface area contributed by atoms with E-state index in [4.69, 9.17) is 4.74 Å². The summed E-state index contributed by atoms with van der Waals surface area (Å²) >= 11 is 0. The fraction of sp³-hybridized carbons (Fsp3) is 0.444. The van der Waals surface area contributed by atoms with Crippen molar-refractivity contribution in [3.8, 4) is 5.75 Å². The number of carbonyl (C=O) groups is 1. The maximum absolute atomic E-state index is 12.3. The number of nitrogens with one attached hydrogen (secondary N) is 2. The summed E-state index contributed by atoms with van der Waals surface area (Å²) in [5.41, 5.74) is 4.76. The van der Waals surface area contributed by atoms with E-state index in [1.54, 1.807) is 0 Å². The van der Waals surface area contributed by atoms with Crippen LogP contribution < -0.4 is 15.4 Å². The van der Waals surface area contributed by atoms with Crippen molar-refractivity contribution < 1.29 is 9.53 Å². The average Bonchev–Trinajstić information content (AvgIpc) is 2.75. The van der Waals surface area contributed by atoms with Gasteiger partial charge in [-0.25, -0.2) is 4.79 Å². The van der Waals surface area contributed by atoms with Crippen LogP contribution in [0.1, 0.15) is 42.4 Å². The quantitative estimate of drug-likeness (QED) is 0.879. The van der Waals surface area contributed by atoms with Crippen LogP contribution in [0.25, 0.3) is 0 Å². The normalized spacial score (nSPS) is 11.9. The van der Waals surface area contributed by atoms with Crippen molar-refractivity contribution >= 4 is 11.7 Å². The van der Waals surface area contributed by atoms with Gasteiger partial charge >= 0.3 is 6.03 Å². The highest BCUT2D eigenvalue weighted by molar-refractivity contribution is 5.89. The lowest BCUT2D eigenvalue weighted by Crippen LogP contribution is -2.31. The van der Waals surface area contributed by atoms with Gasteiger partial charge < -0.3 is 15.4 Å². The van der Waals surface area contributed by atoms with E-state index in [1.807, 2.05) is 64.5 Å². The summed E-state index contributed by atoms with van der Waals surface area (Å²) in [6, 6.07) is 5.24. The molecule has 2 amide bonds. The Morgan fingerprint density at radius 2 is 2.04 bits per heavy atom. The number of aromatic nitrogens is 2. The number of rotatable bonds is 5. The number of nitrogens with zero attached hydrogens (tertiary/aromatic N) is 2. The zero-order valence-corrected chi connectivity index (χ0v) is 15.2. The van der Waals surface area contributed by atoms with Crippen molar-refractivity contribution in [1.29, 1.82) is 0 Å². The fourth-order valence-electron chi connectivity index (χ4n) is 2.90. The summed E-state index contributed by atoms with van der Waals surface area (Å²) < 4.78 is 7.34. The lowest BCUT2D eigenvalue weighted by Gasteiger charge is -2.16. The molecule has 0 spiro atoms. The monoisotopic (exact) mass is 330 g/mol. The maximum Gasteiger partial charge on any atom is 0.319 e. The summed E-state index contributed by atoms with van der Waals surface area (Å²) in [6.07, 6.45) is 0. The molecule has 0 bridgehead atoms. The lowest BCUT2D eigenvalue weighted by atomic mass is 10.1. The number of hydrogen-bond acceptors (Lipinski definition) is 3. The van der Waals surface area contributed by atoms with Gasteiger partial charge in [0.05, 0.1) is 18.3 Å². The predicted molar refractivity (Wildman–Crippen MR) is 95.6 cm³/mol. The van der Waals surface area contributed by atoms with Gasteiger partial charge in [0.15, 0.2) is 0 Å². The van der Waals surface area contributed by atoms with Crippen LogP contribution in [-0.4, -0.2) is 22.4 Å². The highest BCUT2D eigenvalue weighted by Gasteiger charge is 2.18. The summed E-state index contributed by atoms with van der Waals surface area (Å²) in [5, 5.41) is 10.2. The first-order chi connectivity index (χ1) is 11.3. The largest absolute Gasteiger partial charge is 0.494 e. The van der Waals surface area contributed by atoms with Gasteiger partial charge in [-0.05, 0) is 58.4 Å². The van der Waals surface area contributed by atoms with E-state index in [-0.39, 0.29) is 12.1 Å². The number of hydrogen-bond donors (Lipinski definition) is 2. The third kappa shape index (κ3) is 3.88. The van der Waals surface area contributed by atoms with E-state index >= 15 is 0 Å². The van der Waals surface area contributed by atoms with Crippen LogP contribution in [0.5, 0.6) is 5.75 Å². The number of anilines is 1. The smallest absolute Gasteiger partial charge is 0.319 e. The van der Waals surface area contributed by atoms with Crippen LogP contribution in [0, 0.1) is 20.8 Å². The van der Waals surface area contributed by atoms with Crippen LogP contribution in [0.15, 0.2) is 18.2 Å². The molecule has 1 atom stereocenters. The van der Waals surface area contributed by atoms with Crippen LogP contribution >= 0.6 is 0 Å². The molecule has 0 saturated heterocycles. The standard InChI is InChI=1S/C18H26N4O2/c1-7-24-16-9-8-15(10-11(16)2)20-18(23)19-12(3)17-13(4)21-22(6)14(17)5/h8-10,12H,7H2,1-6H3,(H2,19,20,23)/t12-/m1/s1. The van der Waals surface area contributed by atoms with E-state index in [0.717, 1.165) is 34.0 Å². The van der Waals surface area contributed by atoms with Gasteiger partial charge in [-0.3, -0.25) is 4.68 Å². The van der Waals surface area contributed by atoms with Crippen molar-refractivity contribution in [3.63, 3.8) is 0 Å². The Balaban J connectivity index is 2.04. The molecule has 6 heteroatoms. The van der Waals surface area contributed by atoms with E-state index in [1.165, 1.54) is 0 Å². The van der Waals surface area contributed by atoms with Crippen LogP contribution in [-0.2, 0) is 7.05 Å². The Morgan fingerprint density at radius 1 is 1.33 bits per heavy atom. The molecule has 0 aliphatic heterocycles. The third-order valence-electron chi connectivity index (χ3n) is 4.08. The third-order valence-corrected chi connectivity index (χ3v) is 4.08. The van der Waals surface area contributed by atoms with E-state index in [9.17, 15) is 4.79 Å². The summed E-state index contributed by atoms with van der Waals surface area (Å²) in [6.45, 7) is 10.4. The van der Waals surface area contributed by atoms with Gasteiger partial charge in [0.2, 0.25) is 0 Å². The minimum absolute atomic E-state index is 0.123. The van der Waals surface area contributed by atoms with Crippen molar-refractivity contribution in [3.05, 3.63) is 40.7 Å². The topological polar surface area (TPSA) is 68.2 Å². The molecule has 0 aliphatic rings. The molecule has 2 aromatic rings. The SMILES string of the molecule is CCOc1ccc(NC(=O)N[C@H](C)c2c(C)nn(C)c2C)cc1C. The second kappa shape index (κ2) is 7.38. The summed E-state index contributed by atoms with van der Waals surface area (Å²) in [4.78, 5) is 12.3. The Morgan fingerprint density at radius 3 is 2.58 bits per heavy atom. The van der Waals surface area contributed by atoms with Gasteiger partial charge in [-0.1, -0.05) is 0 Å². The first kappa shape index (κ1) is 17.8. The Kier molecular flexibility index (Phi) is 5.49. The molecule has 0 aliphatic carbocycles. The maximum atomic E-state index is 12.3. The molecule has 1 aromatic heterocycles. The second-order valence-electron chi connectivity index (χ2n) is 5.94. The molecular weight excluding hydrogens is 304 g/mol. The minimum atomic E-state index is -0.242. The first-order valence-electron chi connectivity index (χ1n) is 8.14. The number of carbonyl (C=O) groups excluding carboxylic acids is 1. The van der Waals surface area contributed by atoms with E-state index < -0.39 is 0 Å². The molecular formula is C18H26N4O2. The highest BCUT2D eigenvalue weighted by Crippen LogP contribution is 2.23. The first-order valence-corrected chi connectivity index (χ1v) is 8.14. The van der Waals surface area contributed by atoms with E-state index in [2.05, 4.69) is 15.7 Å².